The number of benzene rings is 1. The van der Waals surface area contributed by atoms with Crippen molar-refractivity contribution < 1.29 is 4.79 Å². The first-order valence-electron chi connectivity index (χ1n) is 4.83. The topological polar surface area (TPSA) is 29.4 Å². The van der Waals surface area contributed by atoms with E-state index >= 15 is 0 Å². The minimum atomic E-state index is 0.0234. The summed E-state index contributed by atoms with van der Waals surface area (Å²) < 4.78 is 0. The Morgan fingerprint density at radius 1 is 1.00 bits per heavy atom. The summed E-state index contributed by atoms with van der Waals surface area (Å²) in [7, 11) is 0. The second-order valence-electron chi connectivity index (χ2n) is 3.28. The predicted molar refractivity (Wildman–Crippen MR) is 62.1 cm³/mol. The lowest BCUT2D eigenvalue weighted by atomic mass is 10.1. The zero-order valence-corrected chi connectivity index (χ0v) is 8.26. The van der Waals surface area contributed by atoms with E-state index in [0.717, 1.165) is 11.1 Å². The molecule has 0 atom stereocenters. The van der Waals surface area contributed by atoms with Gasteiger partial charge in [0.2, 0.25) is 0 Å². The molecule has 0 fully saturated rings. The van der Waals surface area contributed by atoms with E-state index in [1.54, 1.807) is 18.4 Å². The number of carbonyl (C=O) groups is 1. The first kappa shape index (κ1) is 9.59. The van der Waals surface area contributed by atoms with Crippen LogP contribution in [0.4, 0.5) is 0 Å². The number of fused-ring (bicyclic) bond motifs is 1. The summed E-state index contributed by atoms with van der Waals surface area (Å²) in [5, 5.41) is 0. The number of hydrogen-bond acceptors (Lipinski definition) is 2. The van der Waals surface area contributed by atoms with Crippen LogP contribution in [0.1, 0.15) is 11.1 Å². The second kappa shape index (κ2) is 4.51. The molecule has 15 heavy (non-hydrogen) atoms. The number of hydrogen-bond donors (Lipinski definition) is 0. The molecular formula is C13H11NO. The van der Waals surface area contributed by atoms with E-state index in [1.165, 1.54) is 0 Å². The van der Waals surface area contributed by atoms with Crippen LogP contribution in [0.15, 0.2) is 47.5 Å². The largest absolute Gasteiger partial charge is 0.293 e. The van der Waals surface area contributed by atoms with Gasteiger partial charge in [-0.05, 0) is 17.2 Å². The van der Waals surface area contributed by atoms with Gasteiger partial charge in [0.1, 0.15) is 6.54 Å². The zero-order chi connectivity index (χ0) is 10.5. The summed E-state index contributed by atoms with van der Waals surface area (Å²) in [4.78, 5) is 15.3. The highest BCUT2D eigenvalue weighted by Crippen LogP contribution is 2.09. The quantitative estimate of drug-likeness (QED) is 0.627. The number of nitrogens with zero attached hydrogens (tertiary/aromatic N) is 1. The van der Waals surface area contributed by atoms with Crippen LogP contribution < -0.4 is 0 Å². The molecule has 0 aliphatic carbocycles. The highest BCUT2D eigenvalue weighted by Gasteiger charge is 1.97. The lowest BCUT2D eigenvalue weighted by Crippen LogP contribution is -1.99. The highest BCUT2D eigenvalue weighted by atomic mass is 16.1. The summed E-state index contributed by atoms with van der Waals surface area (Å²) in [6.45, 7) is 0.221. The Kier molecular flexibility index (Phi) is 2.88. The monoisotopic (exact) mass is 197 g/mol. The maximum absolute atomic E-state index is 11.2. The van der Waals surface area contributed by atoms with Crippen LogP contribution in [0, 0.1) is 0 Å². The maximum atomic E-state index is 11.2. The third kappa shape index (κ3) is 2.50. The first-order valence-corrected chi connectivity index (χ1v) is 4.83. The second-order valence-corrected chi connectivity index (χ2v) is 3.28. The molecule has 1 aliphatic rings. The van der Waals surface area contributed by atoms with Gasteiger partial charge in [-0.25, -0.2) is 0 Å². The van der Waals surface area contributed by atoms with Crippen molar-refractivity contribution >= 4 is 18.1 Å². The van der Waals surface area contributed by atoms with E-state index < -0.39 is 0 Å². The fraction of sp³-hybridized carbons (Fsp3) is 0.0769. The van der Waals surface area contributed by atoms with Crippen LogP contribution in [0.25, 0.3) is 6.08 Å². The van der Waals surface area contributed by atoms with Gasteiger partial charge in [-0.15, -0.1) is 0 Å². The molecule has 0 amide bonds. The number of aliphatic imine (C=N–C) groups is 1. The van der Waals surface area contributed by atoms with Gasteiger partial charge in [-0.3, -0.25) is 9.79 Å². The van der Waals surface area contributed by atoms with Crippen molar-refractivity contribution in [2.75, 3.05) is 6.54 Å². The molecule has 1 aromatic rings. The Morgan fingerprint density at radius 2 is 1.73 bits per heavy atom. The summed E-state index contributed by atoms with van der Waals surface area (Å²) in [6.07, 6.45) is 8.88. The van der Waals surface area contributed by atoms with Gasteiger partial charge in [0.15, 0.2) is 5.78 Å². The van der Waals surface area contributed by atoms with Crippen molar-refractivity contribution in [3.8, 4) is 0 Å². The molecule has 1 heterocycles. The Balaban J connectivity index is 2.42. The van der Waals surface area contributed by atoms with Crippen molar-refractivity contribution in [2.45, 2.75) is 0 Å². The van der Waals surface area contributed by atoms with Gasteiger partial charge in [0, 0.05) is 6.21 Å². The van der Waals surface area contributed by atoms with Gasteiger partial charge in [-0.2, -0.15) is 0 Å². The normalized spacial score (nSPS) is 15.1. The molecule has 2 nitrogen and oxygen atoms in total. The SMILES string of the molecule is O=C1C=CC=Cc2ccccc2C=NC1. The molecule has 0 unspecified atom stereocenters. The van der Waals surface area contributed by atoms with E-state index in [0.29, 0.717) is 0 Å². The number of allylic oxidation sites excluding steroid dienone is 2. The third-order valence-electron chi connectivity index (χ3n) is 2.14. The van der Waals surface area contributed by atoms with Gasteiger partial charge < -0.3 is 0 Å². The molecule has 0 radical (unpaired) electrons. The standard InChI is InChI=1S/C13H11NO/c15-13-8-4-3-6-11-5-1-2-7-12(11)9-14-10-13/h1-9H,10H2. The minimum Gasteiger partial charge on any atom is -0.293 e. The number of rotatable bonds is 0. The van der Waals surface area contributed by atoms with Crippen LogP contribution in [0.2, 0.25) is 0 Å². The molecule has 2 heteroatoms. The van der Waals surface area contributed by atoms with Crippen LogP contribution in [-0.2, 0) is 4.79 Å². The Labute approximate surface area is 88.7 Å². The van der Waals surface area contributed by atoms with E-state index in [4.69, 9.17) is 0 Å². The molecular weight excluding hydrogens is 186 g/mol. The van der Waals surface area contributed by atoms with E-state index in [1.807, 2.05) is 36.4 Å². The van der Waals surface area contributed by atoms with Gasteiger partial charge >= 0.3 is 0 Å². The van der Waals surface area contributed by atoms with Crippen LogP contribution in [0.3, 0.4) is 0 Å². The van der Waals surface area contributed by atoms with Gasteiger partial charge in [0.25, 0.3) is 0 Å². The minimum absolute atomic E-state index is 0.0234. The molecule has 2 rings (SSSR count). The summed E-state index contributed by atoms with van der Waals surface area (Å²) >= 11 is 0. The van der Waals surface area contributed by atoms with Crippen molar-refractivity contribution in [1.82, 2.24) is 0 Å². The van der Waals surface area contributed by atoms with Crippen LogP contribution in [-0.4, -0.2) is 18.5 Å². The Hall–Kier alpha value is -1.96. The summed E-state index contributed by atoms with van der Waals surface area (Å²) in [6, 6.07) is 7.95. The van der Waals surface area contributed by atoms with E-state index in [2.05, 4.69) is 4.99 Å². The van der Waals surface area contributed by atoms with Crippen LogP contribution >= 0.6 is 0 Å². The fourth-order valence-corrected chi connectivity index (χ4v) is 1.39. The molecule has 0 aromatic heterocycles. The zero-order valence-electron chi connectivity index (χ0n) is 8.26. The Bertz CT molecular complexity index is 455. The van der Waals surface area contributed by atoms with Crippen molar-refractivity contribution in [1.29, 1.82) is 0 Å². The lowest BCUT2D eigenvalue weighted by molar-refractivity contribution is -0.113. The molecule has 74 valence electrons. The van der Waals surface area contributed by atoms with Gasteiger partial charge in [-0.1, -0.05) is 42.5 Å². The molecule has 0 saturated heterocycles. The molecule has 0 bridgehead atoms. The Morgan fingerprint density at radius 3 is 2.60 bits per heavy atom. The smallest absolute Gasteiger partial charge is 0.177 e. The van der Waals surface area contributed by atoms with Crippen LogP contribution in [0.5, 0.6) is 0 Å². The maximum Gasteiger partial charge on any atom is 0.177 e. The van der Waals surface area contributed by atoms with E-state index in [9.17, 15) is 4.79 Å². The first-order chi connectivity index (χ1) is 7.36. The van der Waals surface area contributed by atoms with Crippen molar-refractivity contribution in [3.63, 3.8) is 0 Å². The summed E-state index contributed by atoms with van der Waals surface area (Å²) in [5.41, 5.74) is 2.15. The predicted octanol–water partition coefficient (Wildman–Crippen LogP) is 2.26. The fourth-order valence-electron chi connectivity index (χ4n) is 1.39. The van der Waals surface area contributed by atoms with Gasteiger partial charge in [0.05, 0.1) is 0 Å². The van der Waals surface area contributed by atoms with Crippen molar-refractivity contribution in [3.05, 3.63) is 53.6 Å². The van der Waals surface area contributed by atoms with E-state index in [-0.39, 0.29) is 12.3 Å². The lowest BCUT2D eigenvalue weighted by Gasteiger charge is -2.00. The average molecular weight is 197 g/mol. The average Bonchev–Trinajstić information content (AvgIpc) is 2.26. The molecule has 0 spiro atoms. The molecule has 1 aliphatic heterocycles. The summed E-state index contributed by atoms with van der Waals surface area (Å²) in [5.74, 6) is 0.0234. The third-order valence-corrected chi connectivity index (χ3v) is 2.14. The highest BCUT2D eigenvalue weighted by molar-refractivity contribution is 5.94. The number of ketones is 1. The molecule has 1 aromatic carbocycles. The molecule has 0 saturated carbocycles. The van der Waals surface area contributed by atoms with Crippen molar-refractivity contribution in [2.24, 2.45) is 4.99 Å². The molecule has 0 N–H and O–H groups in total. The number of carbonyl (C=O) groups excluding carboxylic acids is 1.